The predicted molar refractivity (Wildman–Crippen MR) is 111 cm³/mol. The Labute approximate surface area is 165 Å². The summed E-state index contributed by atoms with van der Waals surface area (Å²) in [6, 6.07) is 23.0. The molecule has 1 amide bonds. The van der Waals surface area contributed by atoms with Gasteiger partial charge in [-0.15, -0.1) is 0 Å². The van der Waals surface area contributed by atoms with E-state index in [2.05, 4.69) is 17.4 Å². The fourth-order valence-electron chi connectivity index (χ4n) is 3.18. The minimum Gasteiger partial charge on any atom is -0.465 e. The van der Waals surface area contributed by atoms with Gasteiger partial charge in [0, 0.05) is 11.3 Å². The Kier molecular flexibility index (Phi) is 6.22. The van der Waals surface area contributed by atoms with E-state index in [0.717, 1.165) is 18.4 Å². The number of ether oxygens (including phenoxy) is 1. The highest BCUT2D eigenvalue weighted by atomic mass is 16.5. The number of esters is 1. The van der Waals surface area contributed by atoms with Crippen LogP contribution in [-0.2, 0) is 17.6 Å². The van der Waals surface area contributed by atoms with Gasteiger partial charge >= 0.3 is 5.97 Å². The normalized spacial score (nSPS) is 10.4. The van der Waals surface area contributed by atoms with Crippen molar-refractivity contribution in [2.75, 3.05) is 12.4 Å². The third kappa shape index (κ3) is 4.46. The maximum absolute atomic E-state index is 12.9. The number of carbonyl (C=O) groups is 2. The summed E-state index contributed by atoms with van der Waals surface area (Å²) in [6.07, 6.45) is 1.64. The van der Waals surface area contributed by atoms with Gasteiger partial charge in [0.15, 0.2) is 0 Å². The summed E-state index contributed by atoms with van der Waals surface area (Å²) in [7, 11) is 1.34. The van der Waals surface area contributed by atoms with E-state index < -0.39 is 5.97 Å². The van der Waals surface area contributed by atoms with Gasteiger partial charge in [-0.1, -0.05) is 54.6 Å². The minimum atomic E-state index is -0.420. The Hall–Kier alpha value is -3.40. The number of nitrogens with one attached hydrogen (secondary N) is 1. The Morgan fingerprint density at radius 2 is 1.50 bits per heavy atom. The van der Waals surface area contributed by atoms with Crippen LogP contribution in [-0.4, -0.2) is 19.0 Å². The maximum Gasteiger partial charge on any atom is 0.338 e. The highest BCUT2D eigenvalue weighted by Gasteiger charge is 2.16. The number of rotatable bonds is 6. The number of anilines is 1. The van der Waals surface area contributed by atoms with Crippen LogP contribution < -0.4 is 5.32 Å². The highest BCUT2D eigenvalue weighted by Crippen LogP contribution is 2.21. The quantitative estimate of drug-likeness (QED) is 0.630. The van der Waals surface area contributed by atoms with E-state index in [1.165, 1.54) is 12.7 Å². The van der Waals surface area contributed by atoms with Gasteiger partial charge in [-0.05, 0) is 54.7 Å². The topological polar surface area (TPSA) is 55.4 Å². The van der Waals surface area contributed by atoms with Gasteiger partial charge in [0.1, 0.15) is 0 Å². The summed E-state index contributed by atoms with van der Waals surface area (Å²) in [5, 5.41) is 2.94. The van der Waals surface area contributed by atoms with Gasteiger partial charge in [-0.2, -0.15) is 0 Å². The van der Waals surface area contributed by atoms with Crippen molar-refractivity contribution in [2.45, 2.75) is 19.8 Å². The molecule has 0 spiro atoms. The van der Waals surface area contributed by atoms with Crippen LogP contribution >= 0.6 is 0 Å². The van der Waals surface area contributed by atoms with Crippen LogP contribution in [0, 0.1) is 6.92 Å². The lowest BCUT2D eigenvalue weighted by Crippen LogP contribution is -2.16. The van der Waals surface area contributed by atoms with Gasteiger partial charge < -0.3 is 10.1 Å². The van der Waals surface area contributed by atoms with Crippen LogP contribution in [0.1, 0.15) is 37.4 Å². The molecule has 0 aliphatic carbocycles. The van der Waals surface area contributed by atoms with Crippen LogP contribution in [0.5, 0.6) is 0 Å². The Morgan fingerprint density at radius 3 is 2.25 bits per heavy atom. The van der Waals surface area contributed by atoms with Crippen molar-refractivity contribution in [3.63, 3.8) is 0 Å². The van der Waals surface area contributed by atoms with Gasteiger partial charge in [-0.3, -0.25) is 4.79 Å². The van der Waals surface area contributed by atoms with Gasteiger partial charge in [0.05, 0.1) is 12.7 Å². The monoisotopic (exact) mass is 373 g/mol. The fraction of sp³-hybridized carbons (Fsp3) is 0.167. The zero-order valence-corrected chi connectivity index (χ0v) is 16.1. The van der Waals surface area contributed by atoms with Gasteiger partial charge in [0.2, 0.25) is 0 Å². The largest absolute Gasteiger partial charge is 0.465 e. The second-order valence-electron chi connectivity index (χ2n) is 6.57. The molecule has 0 saturated carbocycles. The van der Waals surface area contributed by atoms with Crippen LogP contribution in [0.3, 0.4) is 0 Å². The molecule has 0 saturated heterocycles. The van der Waals surface area contributed by atoms with E-state index in [1.807, 2.05) is 42.5 Å². The molecule has 3 aromatic carbocycles. The molecule has 0 atom stereocenters. The molecular weight excluding hydrogens is 350 g/mol. The molecule has 3 aromatic rings. The van der Waals surface area contributed by atoms with Crippen molar-refractivity contribution >= 4 is 17.6 Å². The molecular formula is C24H23NO3. The first-order chi connectivity index (χ1) is 13.6. The van der Waals surface area contributed by atoms with E-state index >= 15 is 0 Å². The minimum absolute atomic E-state index is 0.186. The third-order valence-electron chi connectivity index (χ3n) is 4.78. The summed E-state index contributed by atoms with van der Waals surface area (Å²) in [6.45, 7) is 1.79. The van der Waals surface area contributed by atoms with E-state index in [1.54, 1.807) is 25.1 Å². The molecule has 4 nitrogen and oxygen atoms in total. The first kappa shape index (κ1) is 19.4. The summed E-state index contributed by atoms with van der Waals surface area (Å²) in [5.41, 5.74) is 4.60. The number of hydrogen-bond donors (Lipinski definition) is 1. The lowest BCUT2D eigenvalue weighted by atomic mass is 9.99. The molecule has 0 aromatic heterocycles. The number of carbonyl (C=O) groups excluding carboxylic acids is 2. The SMILES string of the molecule is COC(=O)c1cccc(NC(=O)c2ccccc2CCc2ccccc2)c1C. The second kappa shape index (κ2) is 9.00. The molecule has 142 valence electrons. The highest BCUT2D eigenvalue weighted by molar-refractivity contribution is 6.06. The van der Waals surface area contributed by atoms with E-state index in [0.29, 0.717) is 22.4 Å². The second-order valence-corrected chi connectivity index (χ2v) is 6.57. The fourth-order valence-corrected chi connectivity index (χ4v) is 3.18. The Bertz CT molecular complexity index is 980. The van der Waals surface area contributed by atoms with Crippen molar-refractivity contribution in [2.24, 2.45) is 0 Å². The first-order valence-electron chi connectivity index (χ1n) is 9.21. The summed E-state index contributed by atoms with van der Waals surface area (Å²) in [5.74, 6) is -0.606. The van der Waals surface area contributed by atoms with Crippen LogP contribution in [0.25, 0.3) is 0 Å². The molecule has 0 radical (unpaired) electrons. The number of benzene rings is 3. The number of amides is 1. The molecule has 1 N–H and O–H groups in total. The molecule has 0 bridgehead atoms. The average molecular weight is 373 g/mol. The summed E-state index contributed by atoms with van der Waals surface area (Å²) in [4.78, 5) is 24.8. The number of hydrogen-bond acceptors (Lipinski definition) is 3. The van der Waals surface area contributed by atoms with Crippen molar-refractivity contribution in [1.29, 1.82) is 0 Å². The first-order valence-corrected chi connectivity index (χ1v) is 9.21. The molecule has 0 aliphatic rings. The molecule has 0 aliphatic heterocycles. The van der Waals surface area contributed by atoms with Crippen molar-refractivity contribution in [3.05, 3.63) is 101 Å². The lowest BCUT2D eigenvalue weighted by Gasteiger charge is -2.13. The van der Waals surface area contributed by atoms with Crippen molar-refractivity contribution in [1.82, 2.24) is 0 Å². The standard InChI is InChI=1S/C24H23NO3/c1-17-20(24(27)28-2)13-8-14-22(17)25-23(26)21-12-7-6-11-19(21)16-15-18-9-4-3-5-10-18/h3-14H,15-16H2,1-2H3,(H,25,26). The number of methoxy groups -OCH3 is 1. The molecule has 0 heterocycles. The van der Waals surface area contributed by atoms with Crippen molar-refractivity contribution in [3.8, 4) is 0 Å². The van der Waals surface area contributed by atoms with E-state index in [4.69, 9.17) is 4.74 Å². The maximum atomic E-state index is 12.9. The average Bonchev–Trinajstić information content (AvgIpc) is 2.74. The van der Waals surface area contributed by atoms with Crippen LogP contribution in [0.4, 0.5) is 5.69 Å². The molecule has 28 heavy (non-hydrogen) atoms. The zero-order valence-electron chi connectivity index (χ0n) is 16.1. The zero-order chi connectivity index (χ0) is 19.9. The smallest absolute Gasteiger partial charge is 0.338 e. The molecule has 0 fully saturated rings. The molecule has 3 rings (SSSR count). The Balaban J connectivity index is 1.79. The van der Waals surface area contributed by atoms with Gasteiger partial charge in [0.25, 0.3) is 5.91 Å². The third-order valence-corrected chi connectivity index (χ3v) is 4.78. The molecule has 4 heteroatoms. The van der Waals surface area contributed by atoms with Crippen LogP contribution in [0.2, 0.25) is 0 Å². The van der Waals surface area contributed by atoms with Crippen LogP contribution in [0.15, 0.2) is 72.8 Å². The van der Waals surface area contributed by atoms with Crippen molar-refractivity contribution < 1.29 is 14.3 Å². The van der Waals surface area contributed by atoms with E-state index in [-0.39, 0.29) is 5.91 Å². The Morgan fingerprint density at radius 1 is 0.821 bits per heavy atom. The summed E-state index contributed by atoms with van der Waals surface area (Å²) >= 11 is 0. The summed E-state index contributed by atoms with van der Waals surface area (Å²) < 4.78 is 4.80. The lowest BCUT2D eigenvalue weighted by molar-refractivity contribution is 0.0599. The molecule has 0 unspecified atom stereocenters. The van der Waals surface area contributed by atoms with Gasteiger partial charge in [-0.25, -0.2) is 4.79 Å². The van der Waals surface area contributed by atoms with E-state index in [9.17, 15) is 9.59 Å². The predicted octanol–water partition coefficient (Wildman–Crippen LogP) is 4.82. The number of aryl methyl sites for hydroxylation is 2.